The summed E-state index contributed by atoms with van der Waals surface area (Å²) in [4.78, 5) is 30.7. The van der Waals surface area contributed by atoms with Crippen molar-refractivity contribution in [2.75, 3.05) is 32.1 Å². The molecule has 0 aliphatic heterocycles. The van der Waals surface area contributed by atoms with Crippen molar-refractivity contribution in [2.45, 2.75) is 10.6 Å². The Hall–Kier alpha value is -2.60. The summed E-state index contributed by atoms with van der Waals surface area (Å²) in [6.45, 7) is 1.10. The summed E-state index contributed by atoms with van der Waals surface area (Å²) in [5, 5.41) is 0. The molecule has 0 unspecified atom stereocenters. The van der Waals surface area contributed by atoms with Crippen LogP contribution in [0, 0.1) is 0 Å². The Kier molecular flexibility index (Phi) is 9.79. The van der Waals surface area contributed by atoms with E-state index in [4.69, 9.17) is 0 Å². The highest BCUT2D eigenvalue weighted by molar-refractivity contribution is 7.98. The minimum Gasteiger partial charge on any atom is -0.308 e. The quantitative estimate of drug-likeness (QED) is 0.254. The second-order valence-corrected chi connectivity index (χ2v) is 8.21. The average molecular weight is 455 g/mol. The largest absolute Gasteiger partial charge is 0.308 e. The van der Waals surface area contributed by atoms with E-state index in [9.17, 15) is 9.59 Å². The topological polar surface area (TPSA) is 40.6 Å². The first kappa shape index (κ1) is 24.7. The number of para-hydroxylation sites is 1. The highest BCUT2D eigenvalue weighted by Crippen LogP contribution is 2.32. The van der Waals surface area contributed by atoms with Crippen LogP contribution in [0.4, 0.5) is 5.69 Å². The molecule has 1 amide bonds. The molecule has 0 saturated heterocycles. The van der Waals surface area contributed by atoms with Gasteiger partial charge in [-0.25, -0.2) is 0 Å². The van der Waals surface area contributed by atoms with E-state index >= 15 is 0 Å². The molecule has 0 aliphatic carbocycles. The third kappa shape index (κ3) is 6.96. The Balaban J connectivity index is 0.00000341. The normalized spacial score (nSPS) is 10.4. The van der Waals surface area contributed by atoms with Crippen molar-refractivity contribution in [1.82, 2.24) is 4.90 Å². The van der Waals surface area contributed by atoms with Crippen molar-refractivity contribution in [2.24, 2.45) is 0 Å². The van der Waals surface area contributed by atoms with Gasteiger partial charge >= 0.3 is 0 Å². The van der Waals surface area contributed by atoms with Gasteiger partial charge in [0.1, 0.15) is 0 Å². The van der Waals surface area contributed by atoms with Crippen LogP contribution in [0.25, 0.3) is 0 Å². The molecular formula is C25H27ClN2O2S. The number of thioether (sulfide) groups is 1. The Morgan fingerprint density at radius 3 is 2.00 bits per heavy atom. The maximum Gasteiger partial charge on any atom is 0.299 e. The van der Waals surface area contributed by atoms with E-state index in [-0.39, 0.29) is 12.4 Å². The monoisotopic (exact) mass is 454 g/mol. The molecule has 0 aromatic heterocycles. The van der Waals surface area contributed by atoms with Gasteiger partial charge in [0.2, 0.25) is 0 Å². The van der Waals surface area contributed by atoms with Crippen molar-refractivity contribution < 1.29 is 9.59 Å². The number of rotatable bonds is 9. The molecule has 0 aliphatic rings. The Morgan fingerprint density at radius 2 is 1.35 bits per heavy atom. The minimum atomic E-state index is -0.504. The standard InChI is InChI=1S/C25H26N2O2S.ClH/c1-26(2)17-18-27(25(29)24(28)21-13-7-4-8-14-21)22-15-9-10-16-23(22)30-19-20-11-5-3-6-12-20;/h3-16H,17-19H2,1-2H3;1H. The van der Waals surface area contributed by atoms with Gasteiger partial charge in [-0.1, -0.05) is 72.8 Å². The molecule has 3 aromatic carbocycles. The van der Waals surface area contributed by atoms with Crippen LogP contribution < -0.4 is 4.90 Å². The number of amides is 1. The van der Waals surface area contributed by atoms with Crippen LogP contribution in [0.5, 0.6) is 0 Å². The first-order valence-corrected chi connectivity index (χ1v) is 10.9. The Morgan fingerprint density at radius 1 is 0.774 bits per heavy atom. The molecule has 162 valence electrons. The number of hydrogen-bond acceptors (Lipinski definition) is 4. The lowest BCUT2D eigenvalue weighted by atomic mass is 10.1. The molecule has 0 atom stereocenters. The fourth-order valence-electron chi connectivity index (χ4n) is 3.00. The maximum atomic E-state index is 13.2. The van der Waals surface area contributed by atoms with Gasteiger partial charge in [-0.05, 0) is 31.8 Å². The minimum absolute atomic E-state index is 0. The predicted molar refractivity (Wildman–Crippen MR) is 131 cm³/mol. The van der Waals surface area contributed by atoms with Gasteiger partial charge in [0, 0.05) is 29.3 Å². The molecule has 4 nitrogen and oxygen atoms in total. The van der Waals surface area contributed by atoms with Gasteiger partial charge in [-0.3, -0.25) is 9.59 Å². The maximum absolute atomic E-state index is 13.2. The van der Waals surface area contributed by atoms with E-state index in [1.54, 1.807) is 40.9 Å². The average Bonchev–Trinajstić information content (AvgIpc) is 2.79. The van der Waals surface area contributed by atoms with E-state index in [0.29, 0.717) is 18.7 Å². The smallest absolute Gasteiger partial charge is 0.299 e. The van der Waals surface area contributed by atoms with Crippen molar-refractivity contribution in [3.8, 4) is 0 Å². The number of carbonyl (C=O) groups is 2. The number of hydrogen-bond donors (Lipinski definition) is 0. The third-order valence-electron chi connectivity index (χ3n) is 4.64. The van der Waals surface area contributed by atoms with Crippen LogP contribution >= 0.6 is 24.2 Å². The molecule has 0 spiro atoms. The number of Topliss-reactive ketones (excluding diaryl/α,β-unsaturated/α-hetero) is 1. The summed E-state index contributed by atoms with van der Waals surface area (Å²) in [6, 6.07) is 26.7. The number of likely N-dealkylation sites (N-methyl/N-ethyl adjacent to an activating group) is 1. The highest BCUT2D eigenvalue weighted by atomic mass is 35.5. The SMILES string of the molecule is CN(C)CCN(C(=O)C(=O)c1ccccc1)c1ccccc1SCc1ccccc1.Cl. The molecule has 0 heterocycles. The van der Waals surface area contributed by atoms with Gasteiger partial charge < -0.3 is 9.80 Å². The van der Waals surface area contributed by atoms with Crippen LogP contribution in [0.1, 0.15) is 15.9 Å². The molecule has 0 radical (unpaired) electrons. The lowest BCUT2D eigenvalue weighted by Crippen LogP contribution is -2.41. The lowest BCUT2D eigenvalue weighted by Gasteiger charge is -2.26. The molecule has 0 N–H and O–H groups in total. The van der Waals surface area contributed by atoms with Gasteiger partial charge in [0.05, 0.1) is 5.69 Å². The van der Waals surface area contributed by atoms with Gasteiger partial charge in [-0.15, -0.1) is 24.2 Å². The van der Waals surface area contributed by atoms with Crippen molar-refractivity contribution >= 4 is 41.5 Å². The van der Waals surface area contributed by atoms with Crippen molar-refractivity contribution in [1.29, 1.82) is 0 Å². The third-order valence-corrected chi connectivity index (χ3v) is 5.77. The summed E-state index contributed by atoms with van der Waals surface area (Å²) in [5.41, 5.74) is 2.39. The van der Waals surface area contributed by atoms with Crippen molar-refractivity contribution in [3.63, 3.8) is 0 Å². The van der Waals surface area contributed by atoms with Crippen LogP contribution in [-0.4, -0.2) is 43.8 Å². The Bertz CT molecular complexity index is 981. The second-order valence-electron chi connectivity index (χ2n) is 7.20. The summed E-state index contributed by atoms with van der Waals surface area (Å²) in [5.74, 6) is -0.201. The van der Waals surface area contributed by atoms with Crippen LogP contribution in [0.15, 0.2) is 89.8 Å². The lowest BCUT2D eigenvalue weighted by molar-refractivity contribution is -0.114. The molecule has 0 fully saturated rings. The fourth-order valence-corrected chi connectivity index (χ4v) is 4.02. The van der Waals surface area contributed by atoms with E-state index in [2.05, 4.69) is 12.1 Å². The Labute approximate surface area is 194 Å². The first-order chi connectivity index (χ1) is 14.6. The molecule has 31 heavy (non-hydrogen) atoms. The zero-order valence-electron chi connectivity index (χ0n) is 17.7. The van der Waals surface area contributed by atoms with Gasteiger partial charge in [0.15, 0.2) is 0 Å². The number of benzene rings is 3. The molecule has 0 saturated carbocycles. The highest BCUT2D eigenvalue weighted by Gasteiger charge is 2.26. The summed E-state index contributed by atoms with van der Waals surface area (Å²) in [6.07, 6.45) is 0. The van der Waals surface area contributed by atoms with E-state index in [1.807, 2.05) is 67.5 Å². The molecule has 0 bridgehead atoms. The first-order valence-electron chi connectivity index (χ1n) is 9.88. The number of halogens is 1. The van der Waals surface area contributed by atoms with Gasteiger partial charge in [-0.2, -0.15) is 0 Å². The zero-order chi connectivity index (χ0) is 21.3. The molecule has 3 rings (SSSR count). The predicted octanol–water partition coefficient (Wildman–Crippen LogP) is 5.18. The second kappa shape index (κ2) is 12.3. The van der Waals surface area contributed by atoms with E-state index in [1.165, 1.54) is 5.56 Å². The number of carbonyl (C=O) groups excluding carboxylic acids is 2. The zero-order valence-corrected chi connectivity index (χ0v) is 19.4. The number of anilines is 1. The molecule has 3 aromatic rings. The number of nitrogens with zero attached hydrogens (tertiary/aromatic N) is 2. The van der Waals surface area contributed by atoms with E-state index < -0.39 is 11.7 Å². The van der Waals surface area contributed by atoms with Crippen LogP contribution in [0.2, 0.25) is 0 Å². The number of ketones is 1. The summed E-state index contributed by atoms with van der Waals surface area (Å²) in [7, 11) is 3.91. The molecule has 6 heteroatoms. The van der Waals surface area contributed by atoms with Crippen LogP contribution in [0.3, 0.4) is 0 Å². The molecular weight excluding hydrogens is 428 g/mol. The summed E-state index contributed by atoms with van der Waals surface area (Å²) < 4.78 is 0. The van der Waals surface area contributed by atoms with Crippen LogP contribution in [-0.2, 0) is 10.5 Å². The van der Waals surface area contributed by atoms with Gasteiger partial charge in [0.25, 0.3) is 11.7 Å². The summed E-state index contributed by atoms with van der Waals surface area (Å²) >= 11 is 1.67. The van der Waals surface area contributed by atoms with Crippen molar-refractivity contribution in [3.05, 3.63) is 96.1 Å². The van der Waals surface area contributed by atoms with E-state index in [0.717, 1.165) is 16.3 Å². The fraction of sp³-hybridized carbons (Fsp3) is 0.200.